The van der Waals surface area contributed by atoms with Crippen molar-refractivity contribution in [3.8, 4) is 0 Å². The van der Waals surface area contributed by atoms with Crippen molar-refractivity contribution in [3.63, 3.8) is 0 Å². The molecule has 0 aromatic heterocycles. The Morgan fingerprint density at radius 1 is 1.24 bits per heavy atom. The van der Waals surface area contributed by atoms with Crippen molar-refractivity contribution in [1.82, 2.24) is 5.32 Å². The summed E-state index contributed by atoms with van der Waals surface area (Å²) in [6, 6.07) is 0.470. The van der Waals surface area contributed by atoms with E-state index in [-0.39, 0.29) is 5.97 Å². The van der Waals surface area contributed by atoms with Crippen molar-refractivity contribution in [2.75, 3.05) is 13.2 Å². The fraction of sp³-hybridized carbons (Fsp3) is 0.833. The molecule has 4 aliphatic carbocycles. The molecule has 4 aliphatic rings. The summed E-state index contributed by atoms with van der Waals surface area (Å²) in [5.41, 5.74) is 1.03. The average Bonchev–Trinajstić information content (AvgIpc) is 2.43. The smallest absolute Gasteiger partial charge is 0.334 e. The fourth-order valence-corrected chi connectivity index (χ4v) is 5.51. The monoisotopic (exact) mass is 291 g/mol. The van der Waals surface area contributed by atoms with Crippen LogP contribution in [-0.2, 0) is 9.53 Å². The van der Waals surface area contributed by atoms with Crippen LogP contribution in [0.1, 0.15) is 52.4 Å². The first-order chi connectivity index (χ1) is 10.0. The van der Waals surface area contributed by atoms with E-state index in [4.69, 9.17) is 4.74 Å². The molecule has 4 rings (SSSR count). The van der Waals surface area contributed by atoms with E-state index < -0.39 is 0 Å². The van der Waals surface area contributed by atoms with E-state index >= 15 is 0 Å². The summed E-state index contributed by atoms with van der Waals surface area (Å²) in [4.78, 5) is 11.6. The maximum atomic E-state index is 11.6. The SMILES string of the molecule is C=C(CNC(C)C12CC3CC(CC(C3)C1)C2)C(=O)OCC. The predicted octanol–water partition coefficient (Wildman–Crippen LogP) is 3.30. The van der Waals surface area contributed by atoms with Crippen LogP contribution in [0.3, 0.4) is 0 Å². The summed E-state index contributed by atoms with van der Waals surface area (Å²) in [5, 5.41) is 3.58. The third kappa shape index (κ3) is 2.90. The van der Waals surface area contributed by atoms with Gasteiger partial charge in [0.2, 0.25) is 0 Å². The van der Waals surface area contributed by atoms with Crippen LogP contribution in [0.5, 0.6) is 0 Å². The molecule has 0 aromatic carbocycles. The molecule has 1 atom stereocenters. The number of ether oxygens (including phenoxy) is 1. The molecule has 0 spiro atoms. The van der Waals surface area contributed by atoms with Crippen molar-refractivity contribution < 1.29 is 9.53 Å². The third-order valence-electron chi connectivity index (χ3n) is 6.19. The van der Waals surface area contributed by atoms with Crippen molar-refractivity contribution in [2.24, 2.45) is 23.2 Å². The van der Waals surface area contributed by atoms with Crippen LogP contribution in [0.2, 0.25) is 0 Å². The number of rotatable bonds is 6. The van der Waals surface area contributed by atoms with Gasteiger partial charge in [-0.2, -0.15) is 0 Å². The van der Waals surface area contributed by atoms with Crippen LogP contribution >= 0.6 is 0 Å². The second-order valence-electron chi connectivity index (χ2n) is 7.71. The average molecular weight is 291 g/mol. The van der Waals surface area contributed by atoms with Gasteiger partial charge in [-0.1, -0.05) is 6.58 Å². The normalized spacial score (nSPS) is 38.3. The van der Waals surface area contributed by atoms with Crippen LogP contribution in [0, 0.1) is 23.2 Å². The van der Waals surface area contributed by atoms with Crippen molar-refractivity contribution in [3.05, 3.63) is 12.2 Å². The molecular formula is C18H29NO2. The molecule has 4 fully saturated rings. The molecule has 0 aliphatic heterocycles. The maximum Gasteiger partial charge on any atom is 0.334 e. The number of hydrogen-bond acceptors (Lipinski definition) is 3. The summed E-state index contributed by atoms with van der Waals surface area (Å²) < 4.78 is 5.01. The highest BCUT2D eigenvalue weighted by atomic mass is 16.5. The number of hydrogen-bond donors (Lipinski definition) is 1. The molecule has 4 bridgehead atoms. The minimum Gasteiger partial charge on any atom is -0.463 e. The molecule has 1 N–H and O–H groups in total. The third-order valence-corrected chi connectivity index (χ3v) is 6.19. The molecule has 3 nitrogen and oxygen atoms in total. The van der Waals surface area contributed by atoms with E-state index in [2.05, 4.69) is 18.8 Å². The molecule has 0 aromatic rings. The van der Waals surface area contributed by atoms with Gasteiger partial charge in [0.1, 0.15) is 0 Å². The van der Waals surface area contributed by atoms with Gasteiger partial charge in [-0.3, -0.25) is 0 Å². The summed E-state index contributed by atoms with van der Waals surface area (Å²) in [7, 11) is 0. The van der Waals surface area contributed by atoms with Crippen LogP contribution in [0.25, 0.3) is 0 Å². The molecule has 0 amide bonds. The molecular weight excluding hydrogens is 262 g/mol. The van der Waals surface area contributed by atoms with Gasteiger partial charge in [0.25, 0.3) is 0 Å². The minimum atomic E-state index is -0.261. The Hall–Kier alpha value is -0.830. The Balaban J connectivity index is 1.57. The van der Waals surface area contributed by atoms with Crippen LogP contribution in [-0.4, -0.2) is 25.2 Å². The highest BCUT2D eigenvalue weighted by molar-refractivity contribution is 5.88. The number of esters is 1. The minimum absolute atomic E-state index is 0.261. The lowest BCUT2D eigenvalue weighted by atomic mass is 9.48. The first kappa shape index (κ1) is 15.1. The fourth-order valence-electron chi connectivity index (χ4n) is 5.51. The van der Waals surface area contributed by atoms with Gasteiger partial charge in [-0.15, -0.1) is 0 Å². The van der Waals surface area contributed by atoms with E-state index in [9.17, 15) is 4.79 Å². The molecule has 118 valence electrons. The first-order valence-electron chi connectivity index (χ1n) is 8.60. The first-order valence-corrected chi connectivity index (χ1v) is 8.60. The second-order valence-corrected chi connectivity index (χ2v) is 7.71. The van der Waals surface area contributed by atoms with Gasteiger partial charge < -0.3 is 10.1 Å². The summed E-state index contributed by atoms with van der Waals surface area (Å²) in [5.74, 6) is 2.64. The number of nitrogens with one attached hydrogen (secondary N) is 1. The zero-order valence-electron chi connectivity index (χ0n) is 13.5. The lowest BCUT2D eigenvalue weighted by Crippen LogP contribution is -2.55. The van der Waals surface area contributed by atoms with Crippen molar-refractivity contribution in [2.45, 2.75) is 58.4 Å². The predicted molar refractivity (Wildman–Crippen MR) is 83.8 cm³/mol. The van der Waals surface area contributed by atoms with Crippen LogP contribution in [0.15, 0.2) is 12.2 Å². The molecule has 0 saturated heterocycles. The molecule has 21 heavy (non-hydrogen) atoms. The largest absolute Gasteiger partial charge is 0.463 e. The Bertz CT molecular complexity index is 394. The quantitative estimate of drug-likeness (QED) is 0.603. The Kier molecular flexibility index (Phi) is 4.13. The van der Waals surface area contributed by atoms with Crippen LogP contribution in [0.4, 0.5) is 0 Å². The maximum absolute atomic E-state index is 11.6. The molecule has 4 saturated carbocycles. The van der Waals surface area contributed by atoms with Gasteiger partial charge in [0.15, 0.2) is 0 Å². The standard InChI is InChI=1S/C18H29NO2/c1-4-21-17(20)12(2)11-19-13(3)18-8-14-5-15(9-18)7-16(6-14)10-18/h13-16,19H,2,4-11H2,1,3H3. The Morgan fingerprint density at radius 3 is 2.24 bits per heavy atom. The van der Waals surface area contributed by atoms with Gasteiger partial charge in [0, 0.05) is 18.2 Å². The van der Waals surface area contributed by atoms with Gasteiger partial charge in [0.05, 0.1) is 6.61 Å². The molecule has 1 unspecified atom stereocenters. The van der Waals surface area contributed by atoms with E-state index in [0.29, 0.717) is 30.2 Å². The summed E-state index contributed by atoms with van der Waals surface area (Å²) in [6.07, 6.45) is 8.58. The summed E-state index contributed by atoms with van der Waals surface area (Å²) in [6.45, 7) is 8.97. The second kappa shape index (κ2) is 5.75. The Morgan fingerprint density at radius 2 is 1.76 bits per heavy atom. The zero-order chi connectivity index (χ0) is 15.0. The van der Waals surface area contributed by atoms with E-state index in [1.54, 1.807) is 0 Å². The lowest BCUT2D eigenvalue weighted by Gasteiger charge is -2.59. The van der Waals surface area contributed by atoms with E-state index in [1.807, 2.05) is 6.92 Å². The highest BCUT2D eigenvalue weighted by Gasteiger charge is 2.52. The zero-order valence-corrected chi connectivity index (χ0v) is 13.5. The molecule has 3 heteroatoms. The van der Waals surface area contributed by atoms with Gasteiger partial charge >= 0.3 is 5.97 Å². The number of carbonyl (C=O) groups excluding carboxylic acids is 1. The van der Waals surface area contributed by atoms with Crippen LogP contribution < -0.4 is 5.32 Å². The van der Waals surface area contributed by atoms with Gasteiger partial charge in [-0.05, 0) is 75.5 Å². The Labute approximate surface area is 128 Å². The van der Waals surface area contributed by atoms with E-state index in [0.717, 1.165) is 17.8 Å². The highest BCUT2D eigenvalue weighted by Crippen LogP contribution is 2.61. The lowest BCUT2D eigenvalue weighted by molar-refractivity contribution is -0.138. The molecule has 0 heterocycles. The molecule has 0 radical (unpaired) electrons. The van der Waals surface area contributed by atoms with Crippen molar-refractivity contribution in [1.29, 1.82) is 0 Å². The van der Waals surface area contributed by atoms with Crippen molar-refractivity contribution >= 4 is 5.97 Å². The van der Waals surface area contributed by atoms with E-state index in [1.165, 1.54) is 38.5 Å². The number of carbonyl (C=O) groups is 1. The van der Waals surface area contributed by atoms with Gasteiger partial charge in [-0.25, -0.2) is 4.79 Å². The topological polar surface area (TPSA) is 38.3 Å². The summed E-state index contributed by atoms with van der Waals surface area (Å²) >= 11 is 0.